The van der Waals surface area contributed by atoms with Crippen LogP contribution in [0.2, 0.25) is 0 Å². The van der Waals surface area contributed by atoms with E-state index >= 15 is 0 Å². The fourth-order valence-corrected chi connectivity index (χ4v) is 6.51. The van der Waals surface area contributed by atoms with Gasteiger partial charge in [0, 0.05) is 54.6 Å². The van der Waals surface area contributed by atoms with E-state index in [1.54, 1.807) is 0 Å². The van der Waals surface area contributed by atoms with Crippen molar-refractivity contribution in [2.75, 3.05) is 24.8 Å². The second kappa shape index (κ2) is 24.1. The van der Waals surface area contributed by atoms with Gasteiger partial charge in [0.25, 0.3) is 0 Å². The number of nitrogens with one attached hydrogen (secondary N) is 2. The molecule has 0 spiro atoms. The number of nitrogens with zero attached hydrogens (tertiary/aromatic N) is 2. The van der Waals surface area contributed by atoms with Crippen LogP contribution in [0.4, 0.5) is 11.4 Å². The van der Waals surface area contributed by atoms with E-state index in [1.165, 1.54) is 48.5 Å². The number of azo groups is 1. The molecule has 2 amide bonds. The SMILES string of the molecule is CC(=O)O[C@@H]1[C@@H](OC(C)=O)[C@H](Oc2ccc(N=Nc3ccc(O[C@@H]4O[C@H](CNC(=O)CCl)[C@@H](OC(C)=O)[C@H](OC(C)=O)[C@H]4OC(C)=O)cc3)cc2)O[C@H](CNC(=O)CCl)[C@H]1OC(C)=O. The number of rotatable bonds is 18. The number of halogens is 2. The zero-order valence-corrected chi connectivity index (χ0v) is 36.7. The standard InChI is InChI=1S/C40H46Cl2N4O18/c1-19(47)55-33-29(17-43-31(53)15-41)63-39(37(59-23(5)51)35(33)57-21(3)49)61-27-11-7-25(8-12-27)45-46-26-9-13-28(14-10-26)62-40-38(60-24(6)52)36(58-22(4)50)34(56-20(2)48)30(64-40)18-44-32(54)16-42/h7-14,29-30,33-40H,15-18H2,1-6H3,(H,43,53)(H,44,54)/t29-,30-,33-,34-,35+,36+,37-,38-,39-,40-/m1/s1. The van der Waals surface area contributed by atoms with Gasteiger partial charge in [0.05, 0.1) is 11.4 Å². The van der Waals surface area contributed by atoms with Gasteiger partial charge in [-0.2, -0.15) is 10.2 Å². The van der Waals surface area contributed by atoms with E-state index in [0.29, 0.717) is 11.4 Å². The molecule has 0 bridgehead atoms. The molecule has 24 heteroatoms. The van der Waals surface area contributed by atoms with Crippen LogP contribution in [0.15, 0.2) is 58.8 Å². The lowest BCUT2D eigenvalue weighted by atomic mass is 9.97. The molecule has 2 fully saturated rings. The molecule has 4 rings (SSSR count). The number of carbonyl (C=O) groups is 8. The van der Waals surface area contributed by atoms with Gasteiger partial charge in [-0.05, 0) is 48.5 Å². The second-order valence-electron chi connectivity index (χ2n) is 13.8. The number of benzene rings is 2. The van der Waals surface area contributed by atoms with Gasteiger partial charge in [-0.25, -0.2) is 0 Å². The Kier molecular flexibility index (Phi) is 19.0. The van der Waals surface area contributed by atoms with Crippen LogP contribution in [-0.4, -0.2) is 134 Å². The van der Waals surface area contributed by atoms with Crippen molar-refractivity contribution < 1.29 is 85.7 Å². The summed E-state index contributed by atoms with van der Waals surface area (Å²) in [6.07, 6.45) is -13.6. The molecule has 2 heterocycles. The van der Waals surface area contributed by atoms with Crippen LogP contribution in [0.3, 0.4) is 0 Å². The maximum Gasteiger partial charge on any atom is 0.303 e. The van der Waals surface area contributed by atoms with Crippen LogP contribution < -0.4 is 20.1 Å². The van der Waals surface area contributed by atoms with Gasteiger partial charge < -0.3 is 58.0 Å². The first-order valence-electron chi connectivity index (χ1n) is 19.3. The predicted molar refractivity (Wildman–Crippen MR) is 216 cm³/mol. The van der Waals surface area contributed by atoms with Gasteiger partial charge in [-0.1, -0.05) is 0 Å². The van der Waals surface area contributed by atoms with Crippen LogP contribution in [0.1, 0.15) is 41.5 Å². The third kappa shape index (κ3) is 15.3. The van der Waals surface area contributed by atoms with E-state index in [2.05, 4.69) is 20.9 Å². The monoisotopic (exact) mass is 940 g/mol. The molecule has 2 saturated heterocycles. The minimum atomic E-state index is -1.44. The first-order chi connectivity index (χ1) is 30.4. The van der Waals surface area contributed by atoms with Crippen LogP contribution in [0, 0.1) is 0 Å². The average Bonchev–Trinajstić information content (AvgIpc) is 3.22. The van der Waals surface area contributed by atoms with Crippen molar-refractivity contribution in [2.24, 2.45) is 10.2 Å². The third-order valence-electron chi connectivity index (χ3n) is 8.70. The largest absolute Gasteiger partial charge is 0.461 e. The lowest BCUT2D eigenvalue weighted by Crippen LogP contribution is -2.64. The second-order valence-corrected chi connectivity index (χ2v) is 14.4. The van der Waals surface area contributed by atoms with Crippen LogP contribution >= 0.6 is 23.2 Å². The van der Waals surface area contributed by atoms with Gasteiger partial charge in [-0.15, -0.1) is 23.2 Å². The Labute approximate surface area is 375 Å². The smallest absolute Gasteiger partial charge is 0.303 e. The highest BCUT2D eigenvalue weighted by Crippen LogP contribution is 2.33. The van der Waals surface area contributed by atoms with Gasteiger partial charge >= 0.3 is 35.8 Å². The van der Waals surface area contributed by atoms with Gasteiger partial charge in [-0.3, -0.25) is 38.4 Å². The Morgan fingerprint density at radius 3 is 1.03 bits per heavy atom. The summed E-state index contributed by atoms with van der Waals surface area (Å²) in [6.45, 7) is 6.14. The molecule has 2 N–H and O–H groups in total. The molecule has 2 aromatic carbocycles. The van der Waals surface area contributed by atoms with Gasteiger partial charge in [0.2, 0.25) is 36.6 Å². The lowest BCUT2D eigenvalue weighted by molar-refractivity contribution is -0.282. The Morgan fingerprint density at radius 2 is 0.750 bits per heavy atom. The maximum absolute atomic E-state index is 12.2. The minimum absolute atomic E-state index is 0.175. The fourth-order valence-electron chi connectivity index (χ4n) is 6.32. The average molecular weight is 942 g/mol. The van der Waals surface area contributed by atoms with Crippen molar-refractivity contribution in [3.63, 3.8) is 0 Å². The number of amides is 2. The molecular weight excluding hydrogens is 895 g/mol. The predicted octanol–water partition coefficient (Wildman–Crippen LogP) is 2.61. The number of esters is 6. The van der Waals surface area contributed by atoms with Crippen molar-refractivity contribution in [1.82, 2.24) is 10.6 Å². The molecule has 348 valence electrons. The molecule has 0 unspecified atom stereocenters. The summed E-state index contributed by atoms with van der Waals surface area (Å²) in [5.41, 5.74) is 0.711. The Morgan fingerprint density at radius 1 is 0.469 bits per heavy atom. The molecule has 0 radical (unpaired) electrons. The highest BCUT2D eigenvalue weighted by Gasteiger charge is 2.54. The Balaban J connectivity index is 1.52. The van der Waals surface area contributed by atoms with Crippen LogP contribution in [0.25, 0.3) is 0 Å². The molecule has 0 saturated carbocycles. The summed E-state index contributed by atoms with van der Waals surface area (Å²) in [4.78, 5) is 96.8. The molecule has 22 nitrogen and oxygen atoms in total. The van der Waals surface area contributed by atoms with Crippen molar-refractivity contribution >= 4 is 82.2 Å². The molecule has 2 aliphatic heterocycles. The first-order valence-corrected chi connectivity index (χ1v) is 20.4. The zero-order chi connectivity index (χ0) is 47.1. The summed E-state index contributed by atoms with van der Waals surface area (Å²) < 4.78 is 56.8. The van der Waals surface area contributed by atoms with Gasteiger partial charge in [0.15, 0.2) is 24.4 Å². The Hall–Kier alpha value is -6.10. The normalized spacial score (nSPS) is 25.1. The van der Waals surface area contributed by atoms with E-state index in [0.717, 1.165) is 41.5 Å². The molecule has 64 heavy (non-hydrogen) atoms. The molecule has 0 aromatic heterocycles. The summed E-state index contributed by atoms with van der Waals surface area (Å²) in [7, 11) is 0. The zero-order valence-electron chi connectivity index (χ0n) is 35.2. The highest BCUT2D eigenvalue weighted by atomic mass is 35.5. The fraction of sp³-hybridized carbons (Fsp3) is 0.500. The first kappa shape index (κ1) is 50.5. The van der Waals surface area contributed by atoms with Crippen molar-refractivity contribution in [3.8, 4) is 11.5 Å². The Bertz CT molecular complexity index is 1880. The number of carbonyl (C=O) groups excluding carboxylic acids is 8. The summed E-state index contributed by atoms with van der Waals surface area (Å²) in [6, 6.07) is 12.1. The lowest BCUT2D eigenvalue weighted by Gasteiger charge is -2.44. The van der Waals surface area contributed by atoms with Gasteiger partial charge in [0.1, 0.15) is 35.5 Å². The number of alkyl halides is 2. The molecule has 2 aromatic rings. The molecular formula is C40H46Cl2N4O18. The molecule has 10 atom stereocenters. The number of hydrogen-bond acceptors (Lipinski definition) is 20. The van der Waals surface area contributed by atoms with E-state index in [-0.39, 0.29) is 36.3 Å². The van der Waals surface area contributed by atoms with Crippen molar-refractivity contribution in [1.29, 1.82) is 0 Å². The molecule has 2 aliphatic rings. The number of ether oxygens (including phenoxy) is 10. The topological polar surface area (TPSA) is 278 Å². The van der Waals surface area contributed by atoms with Crippen molar-refractivity contribution in [3.05, 3.63) is 48.5 Å². The van der Waals surface area contributed by atoms with E-state index in [9.17, 15) is 38.4 Å². The van der Waals surface area contributed by atoms with E-state index in [4.69, 9.17) is 70.6 Å². The maximum atomic E-state index is 12.2. The number of hydrogen-bond donors (Lipinski definition) is 2. The quantitative estimate of drug-likeness (QED) is 0.0940. The summed E-state index contributed by atoms with van der Waals surface area (Å²) in [5.74, 6) is -6.26. The van der Waals surface area contributed by atoms with Crippen molar-refractivity contribution in [2.45, 2.75) is 103 Å². The van der Waals surface area contributed by atoms with Crippen LogP contribution in [0.5, 0.6) is 11.5 Å². The molecule has 0 aliphatic carbocycles. The van der Waals surface area contributed by atoms with Crippen LogP contribution in [-0.2, 0) is 76.3 Å². The minimum Gasteiger partial charge on any atom is -0.461 e. The van der Waals surface area contributed by atoms with E-state index in [1.807, 2.05) is 0 Å². The third-order valence-corrected chi connectivity index (χ3v) is 9.18. The highest BCUT2D eigenvalue weighted by molar-refractivity contribution is 6.27. The summed E-state index contributed by atoms with van der Waals surface area (Å²) in [5, 5.41) is 13.5. The van der Waals surface area contributed by atoms with E-state index < -0.39 is 109 Å². The summed E-state index contributed by atoms with van der Waals surface area (Å²) >= 11 is 11.2.